The summed E-state index contributed by atoms with van der Waals surface area (Å²) in [5.74, 6) is 0. The van der Waals surface area contributed by atoms with E-state index in [4.69, 9.17) is 0 Å². The Morgan fingerprint density at radius 1 is 1.11 bits per heavy atom. The summed E-state index contributed by atoms with van der Waals surface area (Å²) in [6.07, 6.45) is 6.44. The molecule has 2 nitrogen and oxygen atoms in total. The first-order valence-electron chi connectivity index (χ1n) is 7.85. The van der Waals surface area contributed by atoms with Gasteiger partial charge in [-0.25, -0.2) is 0 Å². The molecule has 0 spiro atoms. The van der Waals surface area contributed by atoms with Crippen molar-refractivity contribution >= 4 is 5.69 Å². The van der Waals surface area contributed by atoms with E-state index >= 15 is 0 Å². The van der Waals surface area contributed by atoms with Crippen molar-refractivity contribution in [1.82, 2.24) is 4.90 Å². The third-order valence-electron chi connectivity index (χ3n) is 4.73. The van der Waals surface area contributed by atoms with Crippen molar-refractivity contribution in [2.45, 2.75) is 58.0 Å². The maximum Gasteiger partial charge on any atom is 0.0345 e. The highest BCUT2D eigenvalue weighted by molar-refractivity contribution is 5.50. The molecule has 3 rings (SSSR count). The fraction of sp³-hybridized carbons (Fsp3) is 0.647. The van der Waals surface area contributed by atoms with E-state index in [-0.39, 0.29) is 0 Å². The van der Waals surface area contributed by atoms with Gasteiger partial charge in [0.25, 0.3) is 0 Å². The maximum atomic E-state index is 3.74. The minimum absolute atomic E-state index is 0.662. The number of likely N-dealkylation sites (tertiary alicyclic amines) is 1. The van der Waals surface area contributed by atoms with Crippen molar-refractivity contribution in [3.05, 3.63) is 29.3 Å². The van der Waals surface area contributed by atoms with Crippen LogP contribution >= 0.6 is 0 Å². The van der Waals surface area contributed by atoms with E-state index in [1.165, 1.54) is 50.9 Å². The van der Waals surface area contributed by atoms with Crippen LogP contribution in [0.25, 0.3) is 0 Å². The molecule has 0 amide bonds. The summed E-state index contributed by atoms with van der Waals surface area (Å²) in [7, 11) is 0. The highest BCUT2D eigenvalue weighted by Gasteiger charge is 2.21. The van der Waals surface area contributed by atoms with Gasteiger partial charge in [-0.2, -0.15) is 0 Å². The largest absolute Gasteiger partial charge is 0.382 e. The third-order valence-corrected chi connectivity index (χ3v) is 4.73. The molecule has 1 saturated heterocycles. The van der Waals surface area contributed by atoms with Crippen molar-refractivity contribution in [3.63, 3.8) is 0 Å². The molecule has 104 valence electrons. The quantitative estimate of drug-likeness (QED) is 0.893. The lowest BCUT2D eigenvalue weighted by atomic mass is 10.0. The first kappa shape index (κ1) is 13.0. The van der Waals surface area contributed by atoms with Crippen LogP contribution in [0.4, 0.5) is 5.69 Å². The smallest absolute Gasteiger partial charge is 0.0345 e. The van der Waals surface area contributed by atoms with E-state index in [2.05, 4.69) is 42.3 Å². The number of aryl methyl sites for hydroxylation is 2. The minimum atomic E-state index is 0.662. The van der Waals surface area contributed by atoms with E-state index < -0.39 is 0 Å². The molecule has 1 aromatic carbocycles. The predicted octanol–water partition coefficient (Wildman–Crippen LogP) is 3.46. The van der Waals surface area contributed by atoms with Crippen molar-refractivity contribution in [3.8, 4) is 0 Å². The average Bonchev–Trinajstić information content (AvgIpc) is 2.87. The van der Waals surface area contributed by atoms with Gasteiger partial charge in [0, 0.05) is 30.9 Å². The Morgan fingerprint density at radius 3 is 2.58 bits per heavy atom. The number of fused-ring (bicyclic) bond motifs is 1. The number of benzene rings is 1. The number of nitrogens with one attached hydrogen (secondary N) is 1. The summed E-state index contributed by atoms with van der Waals surface area (Å²) in [4.78, 5) is 2.58. The summed E-state index contributed by atoms with van der Waals surface area (Å²) in [6, 6.07) is 8.35. The molecule has 0 bridgehead atoms. The van der Waals surface area contributed by atoms with Crippen molar-refractivity contribution < 1.29 is 0 Å². The Labute approximate surface area is 117 Å². The molecule has 1 heterocycles. The monoisotopic (exact) mass is 258 g/mol. The molecule has 1 aromatic rings. The van der Waals surface area contributed by atoms with Gasteiger partial charge in [-0.3, -0.25) is 0 Å². The third kappa shape index (κ3) is 2.94. The zero-order valence-corrected chi connectivity index (χ0v) is 12.3. The Bertz CT molecular complexity index is 431. The molecule has 1 aliphatic carbocycles. The number of rotatable bonds is 3. The maximum absolute atomic E-state index is 3.74. The topological polar surface area (TPSA) is 15.3 Å². The molecule has 2 heteroatoms. The van der Waals surface area contributed by atoms with Crippen molar-refractivity contribution in [2.75, 3.05) is 18.4 Å². The summed E-state index contributed by atoms with van der Waals surface area (Å²) >= 11 is 0. The van der Waals surface area contributed by atoms with Crippen LogP contribution in [0.1, 0.15) is 44.2 Å². The first-order chi connectivity index (χ1) is 9.22. The van der Waals surface area contributed by atoms with Crippen molar-refractivity contribution in [2.24, 2.45) is 0 Å². The number of hydrogen-bond acceptors (Lipinski definition) is 2. The van der Waals surface area contributed by atoms with Crippen LogP contribution in [0.5, 0.6) is 0 Å². The number of anilines is 1. The second-order valence-electron chi connectivity index (χ2n) is 6.39. The van der Waals surface area contributed by atoms with Crippen LogP contribution < -0.4 is 5.32 Å². The van der Waals surface area contributed by atoms with E-state index in [0.717, 1.165) is 0 Å². The van der Waals surface area contributed by atoms with Crippen LogP contribution in [0, 0.1) is 0 Å². The molecular formula is C17H26N2. The van der Waals surface area contributed by atoms with Gasteiger partial charge in [0.05, 0.1) is 0 Å². The summed E-state index contributed by atoms with van der Waals surface area (Å²) in [5.41, 5.74) is 4.48. The van der Waals surface area contributed by atoms with Crippen LogP contribution in [0.15, 0.2) is 18.2 Å². The van der Waals surface area contributed by atoms with Gasteiger partial charge in [-0.15, -0.1) is 0 Å². The molecule has 0 unspecified atom stereocenters. The second kappa shape index (κ2) is 5.54. The summed E-state index contributed by atoms with van der Waals surface area (Å²) in [5, 5.41) is 3.74. The van der Waals surface area contributed by atoms with Crippen LogP contribution in [0.2, 0.25) is 0 Å². The van der Waals surface area contributed by atoms with Gasteiger partial charge in [0.1, 0.15) is 0 Å². The molecule has 1 N–H and O–H groups in total. The van der Waals surface area contributed by atoms with E-state index in [1.54, 1.807) is 11.1 Å². The molecule has 19 heavy (non-hydrogen) atoms. The predicted molar refractivity (Wildman–Crippen MR) is 81.8 cm³/mol. The molecule has 0 aromatic heterocycles. The second-order valence-corrected chi connectivity index (χ2v) is 6.39. The van der Waals surface area contributed by atoms with E-state index in [1.807, 2.05) is 0 Å². The van der Waals surface area contributed by atoms with E-state index in [0.29, 0.717) is 12.1 Å². The number of piperidine rings is 1. The molecule has 1 fully saturated rings. The molecule has 0 radical (unpaired) electrons. The number of hydrogen-bond donors (Lipinski definition) is 1. The fourth-order valence-electron chi connectivity index (χ4n) is 3.46. The van der Waals surface area contributed by atoms with Gasteiger partial charge in [0.2, 0.25) is 0 Å². The van der Waals surface area contributed by atoms with Gasteiger partial charge in [0.15, 0.2) is 0 Å². The zero-order chi connectivity index (χ0) is 13.2. The molecule has 0 saturated carbocycles. The normalized spacial score (nSPS) is 20.8. The van der Waals surface area contributed by atoms with Crippen molar-refractivity contribution in [1.29, 1.82) is 0 Å². The van der Waals surface area contributed by atoms with Crippen LogP contribution in [0.3, 0.4) is 0 Å². The highest BCUT2D eigenvalue weighted by Crippen LogP contribution is 2.26. The molecular weight excluding hydrogens is 232 g/mol. The number of nitrogens with zero attached hydrogens (tertiary/aromatic N) is 1. The lowest BCUT2D eigenvalue weighted by molar-refractivity contribution is 0.177. The average molecular weight is 258 g/mol. The molecule has 1 aliphatic heterocycles. The lowest BCUT2D eigenvalue weighted by Gasteiger charge is -2.35. The Hall–Kier alpha value is -1.02. The van der Waals surface area contributed by atoms with Gasteiger partial charge in [-0.05, 0) is 69.2 Å². The van der Waals surface area contributed by atoms with Gasteiger partial charge >= 0.3 is 0 Å². The Morgan fingerprint density at radius 2 is 1.84 bits per heavy atom. The fourth-order valence-corrected chi connectivity index (χ4v) is 3.46. The zero-order valence-electron chi connectivity index (χ0n) is 12.3. The summed E-state index contributed by atoms with van der Waals surface area (Å²) in [6.45, 7) is 7.07. The van der Waals surface area contributed by atoms with Gasteiger partial charge < -0.3 is 10.2 Å². The summed E-state index contributed by atoms with van der Waals surface area (Å²) < 4.78 is 0. The van der Waals surface area contributed by atoms with E-state index in [9.17, 15) is 0 Å². The van der Waals surface area contributed by atoms with Gasteiger partial charge in [-0.1, -0.05) is 6.07 Å². The van der Waals surface area contributed by atoms with Crippen LogP contribution in [-0.2, 0) is 12.8 Å². The minimum Gasteiger partial charge on any atom is -0.382 e. The standard InChI is InChI=1S/C17H26N2/c1-13(2)19-10-8-16(9-11-19)18-17-7-6-14-4-3-5-15(14)12-17/h6-7,12-13,16,18H,3-5,8-11H2,1-2H3. The Balaban J connectivity index is 1.58. The molecule has 2 aliphatic rings. The van der Waals surface area contributed by atoms with Crippen LogP contribution in [-0.4, -0.2) is 30.1 Å². The lowest BCUT2D eigenvalue weighted by Crippen LogP contribution is -2.42. The Kier molecular flexibility index (Phi) is 3.79. The SMILES string of the molecule is CC(C)N1CCC(Nc2ccc3c(c2)CCC3)CC1. The molecule has 0 atom stereocenters. The highest BCUT2D eigenvalue weighted by atomic mass is 15.2. The first-order valence-corrected chi connectivity index (χ1v) is 7.85.